The Labute approximate surface area is 311 Å². The molecule has 246 valence electrons. The smallest absolute Gasteiger partial charge is 0.0892 e. The second kappa shape index (κ2) is 12.6. The third-order valence-electron chi connectivity index (χ3n) is 10.6. The summed E-state index contributed by atoms with van der Waals surface area (Å²) in [6, 6.07) is 58.2. The fourth-order valence-corrected chi connectivity index (χ4v) is 11.2. The maximum Gasteiger partial charge on any atom is 0.0892 e. The van der Waals surface area contributed by atoms with Gasteiger partial charge in [-0.3, -0.25) is 0 Å². The van der Waals surface area contributed by atoms with Gasteiger partial charge in [-0.25, -0.2) is 0 Å². The van der Waals surface area contributed by atoms with E-state index in [9.17, 15) is 0 Å². The quantitative estimate of drug-likeness (QED) is 0.166. The van der Waals surface area contributed by atoms with Crippen LogP contribution in [0.15, 0.2) is 183 Å². The molecule has 0 unspecified atom stereocenters. The van der Waals surface area contributed by atoms with Gasteiger partial charge in [0.1, 0.15) is 0 Å². The van der Waals surface area contributed by atoms with Crippen LogP contribution < -0.4 is 15.3 Å². The number of hydrogen-bond donors (Lipinski definition) is 0. The van der Waals surface area contributed by atoms with Gasteiger partial charge in [-0.15, -0.1) is 11.3 Å². The molecule has 52 heavy (non-hydrogen) atoms. The maximum atomic E-state index is 4.65. The van der Waals surface area contributed by atoms with Crippen LogP contribution in [0.1, 0.15) is 11.1 Å². The third-order valence-corrected chi connectivity index (χ3v) is 13.7. The Morgan fingerprint density at radius 2 is 1.17 bits per heavy atom. The van der Waals surface area contributed by atoms with Gasteiger partial charge in [0, 0.05) is 43.7 Å². The largest absolute Gasteiger partial charge is 0.337 e. The lowest BCUT2D eigenvalue weighted by atomic mass is 9.95. The lowest BCUT2D eigenvalue weighted by Crippen LogP contribution is -2.24. The zero-order valence-electron chi connectivity index (χ0n) is 28.7. The monoisotopic (exact) mass is 697 g/mol. The van der Waals surface area contributed by atoms with Gasteiger partial charge in [0.15, 0.2) is 0 Å². The topological polar surface area (TPSA) is 3.24 Å². The molecule has 0 saturated carbocycles. The van der Waals surface area contributed by atoms with Crippen molar-refractivity contribution in [2.75, 3.05) is 11.4 Å². The first-order valence-corrected chi connectivity index (χ1v) is 20.2. The van der Waals surface area contributed by atoms with E-state index in [-0.39, 0.29) is 0 Å². The van der Waals surface area contributed by atoms with Crippen molar-refractivity contribution >= 4 is 73.9 Å². The number of nitrogens with zero attached hydrogens (tertiary/aromatic N) is 1. The number of benzene rings is 7. The fourth-order valence-electron chi connectivity index (χ4n) is 8.04. The minimum atomic E-state index is -0.671. The van der Waals surface area contributed by atoms with Crippen molar-refractivity contribution in [3.8, 4) is 33.4 Å². The summed E-state index contributed by atoms with van der Waals surface area (Å²) in [7, 11) is -0.671. The first kappa shape index (κ1) is 30.8. The van der Waals surface area contributed by atoms with E-state index in [1.807, 2.05) is 11.3 Å². The van der Waals surface area contributed by atoms with Crippen molar-refractivity contribution in [3.63, 3.8) is 0 Å². The van der Waals surface area contributed by atoms with Crippen LogP contribution in [0.4, 0.5) is 11.4 Å². The van der Waals surface area contributed by atoms with Crippen molar-refractivity contribution < 1.29 is 0 Å². The molecule has 10 rings (SSSR count). The highest BCUT2D eigenvalue weighted by atomic mass is 32.1. The molecule has 0 fully saturated rings. The normalized spacial score (nSPS) is 15.7. The van der Waals surface area contributed by atoms with Crippen LogP contribution in [0, 0.1) is 0 Å². The molecule has 1 aromatic heterocycles. The molecule has 0 bridgehead atoms. The Morgan fingerprint density at radius 3 is 2.02 bits per heavy atom. The van der Waals surface area contributed by atoms with E-state index in [1.165, 1.54) is 86.4 Å². The maximum absolute atomic E-state index is 4.65. The van der Waals surface area contributed by atoms with Gasteiger partial charge in [-0.05, 0) is 98.6 Å². The molecule has 0 aliphatic carbocycles. The number of rotatable bonds is 4. The molecule has 3 heteroatoms. The Morgan fingerprint density at radius 1 is 0.519 bits per heavy atom. The van der Waals surface area contributed by atoms with E-state index < -0.39 is 9.52 Å². The molecule has 0 N–H and O–H groups in total. The predicted molar refractivity (Wildman–Crippen MR) is 229 cm³/mol. The Balaban J connectivity index is 1.02. The molecular formula is C49H35NSSi. The van der Waals surface area contributed by atoms with Crippen molar-refractivity contribution in [1.82, 2.24) is 0 Å². The molecule has 0 atom stereocenters. The lowest BCUT2D eigenvalue weighted by molar-refractivity contribution is 1.10. The van der Waals surface area contributed by atoms with Crippen molar-refractivity contribution in [2.45, 2.75) is 0 Å². The molecule has 0 saturated heterocycles. The second-order valence-electron chi connectivity index (χ2n) is 13.8. The van der Waals surface area contributed by atoms with Crippen molar-refractivity contribution in [2.24, 2.45) is 0 Å². The second-order valence-corrected chi connectivity index (χ2v) is 16.8. The molecule has 2 aliphatic heterocycles. The van der Waals surface area contributed by atoms with Gasteiger partial charge >= 0.3 is 0 Å². The zero-order chi connectivity index (χ0) is 34.6. The molecule has 3 heterocycles. The summed E-state index contributed by atoms with van der Waals surface area (Å²) in [6.07, 6.45) is 6.80. The highest BCUT2D eigenvalue weighted by Gasteiger charge is 2.23. The minimum Gasteiger partial charge on any atom is -0.337 e. The summed E-state index contributed by atoms with van der Waals surface area (Å²) in [5, 5.41) is 5.74. The average molecular weight is 698 g/mol. The first-order valence-electron chi connectivity index (χ1n) is 17.9. The van der Waals surface area contributed by atoms with E-state index in [1.54, 1.807) is 0 Å². The Kier molecular flexibility index (Phi) is 7.49. The summed E-state index contributed by atoms with van der Waals surface area (Å²) in [5.74, 6) is 0. The van der Waals surface area contributed by atoms with Crippen LogP contribution in [0.5, 0.6) is 0 Å². The van der Waals surface area contributed by atoms with E-state index in [4.69, 9.17) is 0 Å². The van der Waals surface area contributed by atoms with Crippen LogP contribution in [0.2, 0.25) is 0 Å². The molecule has 7 aromatic carbocycles. The molecule has 0 spiro atoms. The van der Waals surface area contributed by atoms with Gasteiger partial charge in [0.25, 0.3) is 0 Å². The minimum absolute atomic E-state index is 0.671. The summed E-state index contributed by atoms with van der Waals surface area (Å²) < 4.78 is 2.70. The predicted octanol–water partition coefficient (Wildman–Crippen LogP) is 11.3. The molecule has 8 aromatic rings. The van der Waals surface area contributed by atoms with Crippen molar-refractivity contribution in [3.05, 3.63) is 194 Å². The highest BCUT2D eigenvalue weighted by molar-refractivity contribution is 7.25. The average Bonchev–Trinajstić information content (AvgIpc) is 3.78. The summed E-state index contributed by atoms with van der Waals surface area (Å²) in [4.78, 5) is 2.47. The number of anilines is 2. The molecule has 0 amide bonds. The fraction of sp³-hybridized carbons (Fsp3) is 0.0204. The SMILES string of the molecule is C=C1/C=C(c2ccccc2)\C=C/CN(c2ccc3c(c2)[SiH2]c2cc(-c4ccc5sc6ccccc6c5c4)ccc2-3)c2ccc(-c3ccccc3)cc21. The van der Waals surface area contributed by atoms with Crippen molar-refractivity contribution in [1.29, 1.82) is 0 Å². The van der Waals surface area contributed by atoms with Gasteiger partial charge in [-0.2, -0.15) is 0 Å². The van der Waals surface area contributed by atoms with Gasteiger partial charge in [0.05, 0.1) is 9.52 Å². The third kappa shape index (κ3) is 5.38. The van der Waals surface area contributed by atoms with Gasteiger partial charge in [0.2, 0.25) is 0 Å². The number of fused-ring (bicyclic) bond motifs is 7. The van der Waals surface area contributed by atoms with Crippen LogP contribution in [0.25, 0.3) is 64.7 Å². The van der Waals surface area contributed by atoms with E-state index >= 15 is 0 Å². The first-order chi connectivity index (χ1) is 25.7. The highest BCUT2D eigenvalue weighted by Crippen LogP contribution is 2.40. The van der Waals surface area contributed by atoms with Crippen LogP contribution in [-0.4, -0.2) is 16.1 Å². The molecule has 0 radical (unpaired) electrons. The van der Waals surface area contributed by atoms with Crippen LogP contribution >= 0.6 is 11.3 Å². The van der Waals surface area contributed by atoms with Gasteiger partial charge < -0.3 is 4.90 Å². The summed E-state index contributed by atoms with van der Waals surface area (Å²) in [5.41, 5.74) is 14.7. The molecule has 1 nitrogen and oxygen atoms in total. The number of allylic oxidation sites excluding steroid dienone is 4. The Hall–Kier alpha value is -6.00. The van der Waals surface area contributed by atoms with Crippen LogP contribution in [-0.2, 0) is 0 Å². The number of thiophene rings is 1. The Bertz CT molecular complexity index is 2750. The molecular weight excluding hydrogens is 663 g/mol. The van der Waals surface area contributed by atoms with Gasteiger partial charge in [-0.1, -0.05) is 144 Å². The standard InChI is InChI=1S/C49H35NSSi/c1-32-27-35(33-11-4-2-5-12-33)15-10-26-50(45-24-19-36(28-43(32)45)34-13-6-3-7-14-34)39-21-23-42-41-22-18-38(30-48(41)52-49(42)31-39)37-20-25-47-44(29-37)40-16-8-9-17-46(40)51-47/h2-25,27-31H,1,26,52H2/b15-10-,35-27+. The van der Waals surface area contributed by atoms with Crippen LogP contribution in [0.3, 0.4) is 0 Å². The molecule has 2 aliphatic rings. The van der Waals surface area contributed by atoms with E-state index in [0.29, 0.717) is 0 Å². The zero-order valence-corrected chi connectivity index (χ0v) is 31.0. The van der Waals surface area contributed by atoms with E-state index in [2.05, 4.69) is 187 Å². The van der Waals surface area contributed by atoms with E-state index in [0.717, 1.165) is 17.7 Å². The summed E-state index contributed by atoms with van der Waals surface area (Å²) >= 11 is 1.88. The summed E-state index contributed by atoms with van der Waals surface area (Å²) in [6.45, 7) is 5.41. The lowest BCUT2D eigenvalue weighted by Gasteiger charge is -2.27. The number of hydrogen-bond acceptors (Lipinski definition) is 2.